The minimum atomic E-state index is 0.0110. The molecule has 0 aromatic heterocycles. The Hall–Kier alpha value is -0.610. The van der Waals surface area contributed by atoms with Gasteiger partial charge in [-0.15, -0.1) is 0 Å². The Bertz CT molecular complexity index is 270. The molecule has 0 radical (unpaired) electrons. The van der Waals surface area contributed by atoms with E-state index >= 15 is 0 Å². The van der Waals surface area contributed by atoms with Crippen molar-refractivity contribution in [1.82, 2.24) is 10.6 Å². The summed E-state index contributed by atoms with van der Waals surface area (Å²) in [5.41, 5.74) is 0. The number of hydrogen-bond donors (Lipinski definition) is 2. The topological polar surface area (TPSA) is 50.4 Å². The zero-order valence-electron chi connectivity index (χ0n) is 10.9. The predicted molar refractivity (Wildman–Crippen MR) is 66.8 cm³/mol. The minimum Gasteiger partial charge on any atom is -0.378 e. The van der Waals surface area contributed by atoms with Crippen molar-refractivity contribution in [2.75, 3.05) is 6.61 Å². The molecule has 0 aliphatic carbocycles. The van der Waals surface area contributed by atoms with Gasteiger partial charge in [0.1, 0.15) is 0 Å². The van der Waals surface area contributed by atoms with Gasteiger partial charge in [-0.2, -0.15) is 0 Å². The number of carbonyl (C=O) groups is 1. The largest absolute Gasteiger partial charge is 0.378 e. The second-order valence-corrected chi connectivity index (χ2v) is 5.46. The average Bonchev–Trinajstić information content (AvgIpc) is 2.29. The van der Waals surface area contributed by atoms with Crippen molar-refractivity contribution in [3.63, 3.8) is 0 Å². The van der Waals surface area contributed by atoms with Gasteiger partial charge in [-0.05, 0) is 46.0 Å². The van der Waals surface area contributed by atoms with E-state index in [1.165, 1.54) is 6.42 Å². The van der Waals surface area contributed by atoms with Gasteiger partial charge in [0.05, 0.1) is 12.1 Å². The zero-order chi connectivity index (χ0) is 12.3. The molecule has 0 aromatic carbocycles. The summed E-state index contributed by atoms with van der Waals surface area (Å²) in [6.45, 7) is 4.98. The van der Waals surface area contributed by atoms with Crippen LogP contribution in [0.1, 0.15) is 46.0 Å². The SMILES string of the molecule is CC1CCCC(C(=O)NC2CCOC(C)C2)N1. The lowest BCUT2D eigenvalue weighted by atomic mass is 9.98. The van der Waals surface area contributed by atoms with Crippen LogP contribution in [0.3, 0.4) is 0 Å². The van der Waals surface area contributed by atoms with Gasteiger partial charge < -0.3 is 15.4 Å². The van der Waals surface area contributed by atoms with Gasteiger partial charge in [-0.25, -0.2) is 0 Å². The van der Waals surface area contributed by atoms with Gasteiger partial charge in [-0.3, -0.25) is 4.79 Å². The van der Waals surface area contributed by atoms with Gasteiger partial charge in [0.15, 0.2) is 0 Å². The van der Waals surface area contributed by atoms with Crippen molar-refractivity contribution < 1.29 is 9.53 Å². The highest BCUT2D eigenvalue weighted by atomic mass is 16.5. The van der Waals surface area contributed by atoms with Crippen molar-refractivity contribution in [2.45, 2.75) is 70.2 Å². The molecule has 4 atom stereocenters. The first kappa shape index (κ1) is 12.8. The molecule has 2 saturated heterocycles. The summed E-state index contributed by atoms with van der Waals surface area (Å²) in [6, 6.07) is 0.773. The quantitative estimate of drug-likeness (QED) is 0.762. The summed E-state index contributed by atoms with van der Waals surface area (Å²) in [7, 11) is 0. The lowest BCUT2D eigenvalue weighted by Gasteiger charge is -2.32. The third kappa shape index (κ3) is 3.68. The molecule has 4 unspecified atom stereocenters. The molecule has 2 heterocycles. The molecule has 0 bridgehead atoms. The zero-order valence-corrected chi connectivity index (χ0v) is 10.9. The summed E-state index contributed by atoms with van der Waals surface area (Å²) in [6.07, 6.45) is 5.45. The van der Waals surface area contributed by atoms with Gasteiger partial charge in [0.2, 0.25) is 5.91 Å². The van der Waals surface area contributed by atoms with Crippen LogP contribution in [0.25, 0.3) is 0 Å². The molecule has 4 nitrogen and oxygen atoms in total. The number of carbonyl (C=O) groups excluding carboxylic acids is 1. The highest BCUT2D eigenvalue weighted by Crippen LogP contribution is 2.15. The molecule has 2 aliphatic rings. The van der Waals surface area contributed by atoms with Crippen LogP contribution in [0, 0.1) is 0 Å². The van der Waals surface area contributed by atoms with Crippen molar-refractivity contribution in [3.05, 3.63) is 0 Å². The molecule has 0 aromatic rings. The second kappa shape index (κ2) is 5.83. The van der Waals surface area contributed by atoms with E-state index in [0.717, 1.165) is 32.3 Å². The van der Waals surface area contributed by atoms with E-state index in [9.17, 15) is 4.79 Å². The van der Waals surface area contributed by atoms with Crippen LogP contribution < -0.4 is 10.6 Å². The third-order valence-corrected chi connectivity index (χ3v) is 3.76. The number of hydrogen-bond acceptors (Lipinski definition) is 3. The monoisotopic (exact) mass is 240 g/mol. The minimum absolute atomic E-state index is 0.0110. The number of nitrogens with one attached hydrogen (secondary N) is 2. The van der Waals surface area contributed by atoms with Gasteiger partial charge in [-0.1, -0.05) is 0 Å². The maximum atomic E-state index is 12.1. The summed E-state index contributed by atoms with van der Waals surface area (Å²) >= 11 is 0. The summed E-state index contributed by atoms with van der Waals surface area (Å²) in [5.74, 6) is 0.177. The normalized spacial score (nSPS) is 38.7. The maximum absolute atomic E-state index is 12.1. The molecule has 17 heavy (non-hydrogen) atoms. The van der Waals surface area contributed by atoms with Crippen LogP contribution >= 0.6 is 0 Å². The Labute approximate surface area is 103 Å². The number of amides is 1. The van der Waals surface area contributed by atoms with Crippen molar-refractivity contribution in [1.29, 1.82) is 0 Å². The fourth-order valence-corrected chi connectivity index (χ4v) is 2.78. The van der Waals surface area contributed by atoms with E-state index in [4.69, 9.17) is 4.74 Å². The molecule has 2 fully saturated rings. The van der Waals surface area contributed by atoms with E-state index < -0.39 is 0 Å². The van der Waals surface area contributed by atoms with Crippen LogP contribution in [0.2, 0.25) is 0 Å². The van der Waals surface area contributed by atoms with Crippen molar-refractivity contribution in [3.8, 4) is 0 Å². The lowest BCUT2D eigenvalue weighted by molar-refractivity contribution is -0.125. The molecular weight excluding hydrogens is 216 g/mol. The molecule has 0 spiro atoms. The Morgan fingerprint density at radius 3 is 2.82 bits per heavy atom. The number of rotatable bonds is 2. The van der Waals surface area contributed by atoms with Gasteiger partial charge in [0.25, 0.3) is 0 Å². The third-order valence-electron chi connectivity index (χ3n) is 3.76. The van der Waals surface area contributed by atoms with Gasteiger partial charge in [0, 0.05) is 18.7 Å². The second-order valence-electron chi connectivity index (χ2n) is 5.46. The molecule has 2 N–H and O–H groups in total. The summed E-state index contributed by atoms with van der Waals surface area (Å²) in [4.78, 5) is 12.1. The Kier molecular flexibility index (Phi) is 4.40. The first-order valence-electron chi connectivity index (χ1n) is 6.83. The number of piperidine rings is 1. The molecular formula is C13H24N2O2. The Balaban J connectivity index is 1.79. The fraction of sp³-hybridized carbons (Fsp3) is 0.923. The van der Waals surface area contributed by atoms with Crippen LogP contribution in [0.4, 0.5) is 0 Å². The summed E-state index contributed by atoms with van der Waals surface area (Å²) < 4.78 is 5.49. The Morgan fingerprint density at radius 2 is 2.12 bits per heavy atom. The lowest BCUT2D eigenvalue weighted by Crippen LogP contribution is -2.53. The van der Waals surface area contributed by atoms with E-state index in [-0.39, 0.29) is 18.1 Å². The molecule has 98 valence electrons. The first-order valence-corrected chi connectivity index (χ1v) is 6.83. The highest BCUT2D eigenvalue weighted by Gasteiger charge is 2.27. The standard InChI is InChI=1S/C13H24N2O2/c1-9-4-3-5-12(14-9)13(16)15-11-6-7-17-10(2)8-11/h9-12,14H,3-8H2,1-2H3,(H,15,16). The molecule has 1 amide bonds. The van der Waals surface area contributed by atoms with E-state index in [2.05, 4.69) is 24.5 Å². The predicted octanol–water partition coefficient (Wildman–Crippen LogP) is 1.20. The molecule has 0 saturated carbocycles. The molecule has 4 heteroatoms. The first-order chi connectivity index (χ1) is 8.15. The van der Waals surface area contributed by atoms with Crippen LogP contribution in [-0.4, -0.2) is 36.7 Å². The molecule has 2 aliphatic heterocycles. The smallest absolute Gasteiger partial charge is 0.237 e. The maximum Gasteiger partial charge on any atom is 0.237 e. The van der Waals surface area contributed by atoms with E-state index in [1.807, 2.05) is 0 Å². The van der Waals surface area contributed by atoms with Crippen molar-refractivity contribution in [2.24, 2.45) is 0 Å². The van der Waals surface area contributed by atoms with Crippen molar-refractivity contribution >= 4 is 5.91 Å². The van der Waals surface area contributed by atoms with Crippen LogP contribution in [0.15, 0.2) is 0 Å². The van der Waals surface area contributed by atoms with E-state index in [1.54, 1.807) is 0 Å². The fourth-order valence-electron chi connectivity index (χ4n) is 2.78. The van der Waals surface area contributed by atoms with Crippen LogP contribution in [0.5, 0.6) is 0 Å². The summed E-state index contributed by atoms with van der Waals surface area (Å²) in [5, 5.41) is 6.53. The van der Waals surface area contributed by atoms with Gasteiger partial charge >= 0.3 is 0 Å². The average molecular weight is 240 g/mol. The Morgan fingerprint density at radius 1 is 1.29 bits per heavy atom. The van der Waals surface area contributed by atoms with Crippen LogP contribution in [-0.2, 0) is 9.53 Å². The highest BCUT2D eigenvalue weighted by molar-refractivity contribution is 5.82. The van der Waals surface area contributed by atoms with E-state index in [0.29, 0.717) is 12.1 Å². The number of ether oxygens (including phenoxy) is 1. The molecule has 2 rings (SSSR count).